The van der Waals surface area contributed by atoms with Gasteiger partial charge in [-0.05, 0) is 64.8 Å². The van der Waals surface area contributed by atoms with Gasteiger partial charge in [0.2, 0.25) is 0 Å². The second-order valence-electron chi connectivity index (χ2n) is 6.21. The first kappa shape index (κ1) is 21.8. The van der Waals surface area contributed by atoms with Crippen molar-refractivity contribution in [3.8, 4) is 5.75 Å². The summed E-state index contributed by atoms with van der Waals surface area (Å²) in [5.74, 6) is 0.751. The number of aryl methyl sites for hydroxylation is 1. The van der Waals surface area contributed by atoms with Crippen LogP contribution in [-0.4, -0.2) is 0 Å². The van der Waals surface area contributed by atoms with Crippen LogP contribution in [0.3, 0.4) is 0 Å². The van der Waals surface area contributed by atoms with Crippen molar-refractivity contribution in [2.24, 2.45) is 0 Å². The molecule has 0 saturated heterocycles. The van der Waals surface area contributed by atoms with Crippen molar-refractivity contribution < 1.29 is 4.74 Å². The van der Waals surface area contributed by atoms with Crippen molar-refractivity contribution in [1.82, 2.24) is 0 Å². The summed E-state index contributed by atoms with van der Waals surface area (Å²) in [5.41, 5.74) is 3.96. The normalized spacial score (nSPS) is 10.8. The van der Waals surface area contributed by atoms with Gasteiger partial charge in [-0.2, -0.15) is 0 Å². The maximum atomic E-state index is 6.27. The van der Waals surface area contributed by atoms with Gasteiger partial charge in [-0.1, -0.05) is 62.9 Å². The standard InChI is InChI=1S/C21H16Br2Cl3NO/c1-12-2-4-17(25)9-20(12)27-10-14-6-15(22)7-18(23)21(14)28-11-13-3-5-16(24)8-19(13)26/h2-9,27H,10-11H2,1H3. The highest BCUT2D eigenvalue weighted by molar-refractivity contribution is 9.11. The molecule has 3 aromatic carbocycles. The third-order valence-electron chi connectivity index (χ3n) is 4.14. The quantitative estimate of drug-likeness (QED) is 0.324. The molecule has 0 aliphatic rings. The van der Waals surface area contributed by atoms with Crippen molar-refractivity contribution >= 4 is 72.4 Å². The van der Waals surface area contributed by atoms with Crippen molar-refractivity contribution in [3.05, 3.63) is 89.2 Å². The Hall–Kier alpha value is -0.910. The van der Waals surface area contributed by atoms with E-state index in [1.54, 1.807) is 12.1 Å². The molecule has 0 aromatic heterocycles. The molecule has 0 saturated carbocycles. The zero-order valence-electron chi connectivity index (χ0n) is 14.8. The van der Waals surface area contributed by atoms with E-state index in [4.69, 9.17) is 39.5 Å². The van der Waals surface area contributed by atoms with Gasteiger partial charge in [0.25, 0.3) is 0 Å². The minimum atomic E-state index is 0.333. The Morgan fingerprint density at radius 1 is 0.893 bits per heavy atom. The molecule has 3 rings (SSSR count). The van der Waals surface area contributed by atoms with Gasteiger partial charge in [0.05, 0.1) is 4.47 Å². The number of rotatable bonds is 6. The number of nitrogens with one attached hydrogen (secondary N) is 1. The molecule has 146 valence electrons. The van der Waals surface area contributed by atoms with Gasteiger partial charge in [0.1, 0.15) is 12.4 Å². The molecule has 0 aliphatic heterocycles. The van der Waals surface area contributed by atoms with Gasteiger partial charge in [0, 0.05) is 42.9 Å². The van der Waals surface area contributed by atoms with Gasteiger partial charge >= 0.3 is 0 Å². The van der Waals surface area contributed by atoms with Crippen molar-refractivity contribution in [1.29, 1.82) is 0 Å². The number of ether oxygens (including phenoxy) is 1. The summed E-state index contributed by atoms with van der Waals surface area (Å²) in [6, 6.07) is 15.1. The Balaban J connectivity index is 1.82. The van der Waals surface area contributed by atoms with Crippen LogP contribution in [0, 0.1) is 6.92 Å². The van der Waals surface area contributed by atoms with Gasteiger partial charge in [-0.25, -0.2) is 0 Å². The zero-order valence-corrected chi connectivity index (χ0v) is 20.3. The lowest BCUT2D eigenvalue weighted by atomic mass is 10.1. The largest absolute Gasteiger partial charge is 0.487 e. The number of benzene rings is 3. The van der Waals surface area contributed by atoms with Crippen LogP contribution < -0.4 is 10.1 Å². The molecule has 7 heteroatoms. The molecule has 0 unspecified atom stereocenters. The van der Waals surface area contributed by atoms with Crippen LogP contribution in [-0.2, 0) is 13.2 Å². The van der Waals surface area contributed by atoms with Crippen molar-refractivity contribution in [3.63, 3.8) is 0 Å². The zero-order chi connectivity index (χ0) is 20.3. The summed E-state index contributed by atoms with van der Waals surface area (Å²) >= 11 is 25.5. The van der Waals surface area contributed by atoms with E-state index in [0.717, 1.165) is 37.1 Å². The Kier molecular flexibility index (Phi) is 7.57. The van der Waals surface area contributed by atoms with Crippen LogP contribution >= 0.6 is 66.7 Å². The Morgan fingerprint density at radius 2 is 1.61 bits per heavy atom. The van der Waals surface area contributed by atoms with E-state index in [1.165, 1.54) is 0 Å². The highest BCUT2D eigenvalue weighted by Crippen LogP contribution is 2.35. The fourth-order valence-electron chi connectivity index (χ4n) is 2.67. The summed E-state index contributed by atoms with van der Waals surface area (Å²) in [7, 11) is 0. The number of anilines is 1. The molecule has 0 fully saturated rings. The average molecular weight is 565 g/mol. The number of hydrogen-bond acceptors (Lipinski definition) is 2. The molecule has 0 heterocycles. The predicted molar refractivity (Wildman–Crippen MR) is 126 cm³/mol. The second kappa shape index (κ2) is 9.73. The Morgan fingerprint density at radius 3 is 2.36 bits per heavy atom. The highest BCUT2D eigenvalue weighted by Gasteiger charge is 2.12. The van der Waals surface area contributed by atoms with E-state index in [-0.39, 0.29) is 0 Å². The van der Waals surface area contributed by atoms with E-state index < -0.39 is 0 Å². The fourth-order valence-corrected chi connectivity index (χ4v) is 4.73. The molecule has 3 aromatic rings. The van der Waals surface area contributed by atoms with Crippen LogP contribution in [0.2, 0.25) is 15.1 Å². The van der Waals surface area contributed by atoms with Crippen LogP contribution in [0.15, 0.2) is 57.5 Å². The second-order valence-corrected chi connectivity index (χ2v) is 9.26. The molecule has 0 bridgehead atoms. The predicted octanol–water partition coefficient (Wildman–Crippen LogP) is 8.67. The molecule has 0 atom stereocenters. The average Bonchev–Trinajstić information content (AvgIpc) is 2.63. The van der Waals surface area contributed by atoms with E-state index >= 15 is 0 Å². The minimum Gasteiger partial charge on any atom is -0.487 e. The fraction of sp³-hybridized carbons (Fsp3) is 0.143. The molecular weight excluding hydrogens is 548 g/mol. The van der Waals surface area contributed by atoms with Crippen LogP contribution in [0.1, 0.15) is 16.7 Å². The van der Waals surface area contributed by atoms with Crippen LogP contribution in [0.5, 0.6) is 5.75 Å². The summed E-state index contributed by atoms with van der Waals surface area (Å²) in [6.45, 7) is 2.94. The molecule has 2 nitrogen and oxygen atoms in total. The summed E-state index contributed by atoms with van der Waals surface area (Å²) < 4.78 is 7.92. The Bertz CT molecular complexity index is 1010. The molecule has 28 heavy (non-hydrogen) atoms. The number of halogens is 5. The topological polar surface area (TPSA) is 21.3 Å². The van der Waals surface area contributed by atoms with Crippen molar-refractivity contribution in [2.45, 2.75) is 20.1 Å². The highest BCUT2D eigenvalue weighted by atomic mass is 79.9. The first-order valence-corrected chi connectivity index (χ1v) is 11.1. The summed E-state index contributed by atoms with van der Waals surface area (Å²) in [6.07, 6.45) is 0. The smallest absolute Gasteiger partial charge is 0.139 e. The third-order valence-corrected chi connectivity index (χ3v) is 6.01. The molecule has 0 radical (unpaired) electrons. The van der Waals surface area contributed by atoms with Crippen molar-refractivity contribution in [2.75, 3.05) is 5.32 Å². The maximum absolute atomic E-state index is 6.27. The van der Waals surface area contributed by atoms with Gasteiger partial charge < -0.3 is 10.1 Å². The molecule has 0 aliphatic carbocycles. The monoisotopic (exact) mass is 561 g/mol. The van der Waals surface area contributed by atoms with Gasteiger partial charge in [-0.3, -0.25) is 0 Å². The first-order chi connectivity index (χ1) is 13.3. The lowest BCUT2D eigenvalue weighted by molar-refractivity contribution is 0.301. The van der Waals surface area contributed by atoms with Crippen LogP contribution in [0.4, 0.5) is 5.69 Å². The first-order valence-electron chi connectivity index (χ1n) is 8.38. The van der Waals surface area contributed by atoms with E-state index in [1.807, 2.05) is 43.3 Å². The van der Waals surface area contributed by atoms with Gasteiger partial charge in [0.15, 0.2) is 0 Å². The third kappa shape index (κ3) is 5.58. The van der Waals surface area contributed by atoms with Gasteiger partial charge in [-0.15, -0.1) is 0 Å². The Labute approximate surface area is 196 Å². The minimum absolute atomic E-state index is 0.333. The number of hydrogen-bond donors (Lipinski definition) is 1. The molecule has 0 spiro atoms. The van der Waals surface area contributed by atoms with E-state index in [2.05, 4.69) is 37.2 Å². The maximum Gasteiger partial charge on any atom is 0.139 e. The lowest BCUT2D eigenvalue weighted by Crippen LogP contribution is -2.06. The lowest BCUT2D eigenvalue weighted by Gasteiger charge is -2.17. The molecule has 0 amide bonds. The van der Waals surface area contributed by atoms with E-state index in [9.17, 15) is 0 Å². The molecule has 1 N–H and O–H groups in total. The summed E-state index contributed by atoms with van der Waals surface area (Å²) in [5, 5.41) is 5.30. The molecular formula is C21H16Br2Cl3NO. The van der Waals surface area contributed by atoms with E-state index in [0.29, 0.717) is 28.2 Å². The SMILES string of the molecule is Cc1ccc(Cl)cc1NCc1cc(Br)cc(Br)c1OCc1ccc(Cl)cc1Cl. The summed E-state index contributed by atoms with van der Waals surface area (Å²) in [4.78, 5) is 0. The van der Waals surface area contributed by atoms with Crippen LogP contribution in [0.25, 0.3) is 0 Å².